The fourth-order valence-corrected chi connectivity index (χ4v) is 2.94. The molecule has 1 aliphatic heterocycles. The van der Waals surface area contributed by atoms with Gasteiger partial charge in [0.25, 0.3) is 0 Å². The van der Waals surface area contributed by atoms with Crippen molar-refractivity contribution in [2.45, 2.75) is 45.2 Å². The number of rotatable bonds is 5. The summed E-state index contributed by atoms with van der Waals surface area (Å²) >= 11 is 0. The van der Waals surface area contributed by atoms with E-state index >= 15 is 0 Å². The molecule has 0 unspecified atom stereocenters. The van der Waals surface area contributed by atoms with E-state index in [2.05, 4.69) is 16.3 Å². The van der Waals surface area contributed by atoms with Crippen LogP contribution in [-0.2, 0) is 6.54 Å². The van der Waals surface area contributed by atoms with Gasteiger partial charge in [-0.2, -0.15) is 0 Å². The molecule has 1 aliphatic carbocycles. The van der Waals surface area contributed by atoms with Gasteiger partial charge in [0.2, 0.25) is 0 Å². The van der Waals surface area contributed by atoms with Crippen molar-refractivity contribution in [3.63, 3.8) is 0 Å². The third-order valence-corrected chi connectivity index (χ3v) is 4.62. The zero-order valence-electron chi connectivity index (χ0n) is 12.8. The summed E-state index contributed by atoms with van der Waals surface area (Å²) in [5.74, 6) is 0.882. The van der Waals surface area contributed by atoms with Gasteiger partial charge in [0.05, 0.1) is 0 Å². The second-order valence-electron chi connectivity index (χ2n) is 6.49. The van der Waals surface area contributed by atoms with Crippen LogP contribution >= 0.6 is 12.4 Å². The molecule has 0 aromatic heterocycles. The van der Waals surface area contributed by atoms with E-state index in [1.54, 1.807) is 6.07 Å². The number of nitrogens with one attached hydrogen (secondary N) is 1. The Labute approximate surface area is 133 Å². The van der Waals surface area contributed by atoms with Crippen LogP contribution in [0.25, 0.3) is 0 Å². The molecule has 0 amide bonds. The molecule has 0 spiro atoms. The fourth-order valence-electron chi connectivity index (χ4n) is 2.94. The molecule has 0 bridgehead atoms. The number of nitrogens with zero attached hydrogens (tertiary/aromatic N) is 1. The summed E-state index contributed by atoms with van der Waals surface area (Å²) in [6.07, 6.45) is 5.29. The highest BCUT2D eigenvalue weighted by Crippen LogP contribution is 2.28. The molecule has 3 rings (SSSR count). The van der Waals surface area contributed by atoms with Crippen molar-refractivity contribution in [1.82, 2.24) is 10.2 Å². The van der Waals surface area contributed by atoms with E-state index in [-0.39, 0.29) is 18.2 Å². The van der Waals surface area contributed by atoms with Crippen LogP contribution < -0.4 is 5.32 Å². The lowest BCUT2D eigenvalue weighted by Gasteiger charge is -2.32. The number of likely N-dealkylation sites (tertiary alicyclic amines) is 1. The van der Waals surface area contributed by atoms with Gasteiger partial charge in [0, 0.05) is 12.6 Å². The van der Waals surface area contributed by atoms with Gasteiger partial charge in [-0.25, -0.2) is 4.39 Å². The largest absolute Gasteiger partial charge is 0.314 e. The Bertz CT molecular complexity index is 454. The van der Waals surface area contributed by atoms with E-state index < -0.39 is 0 Å². The molecule has 1 aromatic rings. The van der Waals surface area contributed by atoms with E-state index in [0.29, 0.717) is 6.04 Å². The van der Waals surface area contributed by atoms with Gasteiger partial charge in [-0.3, -0.25) is 4.90 Å². The fraction of sp³-hybridized carbons (Fsp3) is 0.647. The van der Waals surface area contributed by atoms with Gasteiger partial charge in [0.15, 0.2) is 0 Å². The minimum atomic E-state index is -0.0801. The Kier molecular flexibility index (Phi) is 6.03. The molecule has 2 aliphatic rings. The monoisotopic (exact) mass is 312 g/mol. The standard InChI is InChI=1S/C17H25FN2.ClH/c1-13-2-3-15(10-17(13)18)12-20-8-6-16(7-9-20)19-11-14-4-5-14;/h2-3,10,14,16,19H,4-9,11-12H2,1H3;1H. The number of aryl methyl sites for hydroxylation is 1. The van der Waals surface area contributed by atoms with Crippen LogP contribution in [0.2, 0.25) is 0 Å². The zero-order valence-corrected chi connectivity index (χ0v) is 13.6. The van der Waals surface area contributed by atoms with Crippen LogP contribution in [-0.4, -0.2) is 30.6 Å². The Balaban J connectivity index is 0.00000161. The Morgan fingerprint density at radius 3 is 2.52 bits per heavy atom. The van der Waals surface area contributed by atoms with Crippen LogP contribution in [0.1, 0.15) is 36.8 Å². The summed E-state index contributed by atoms with van der Waals surface area (Å²) in [5.41, 5.74) is 1.83. The average Bonchev–Trinajstić information content (AvgIpc) is 3.26. The smallest absolute Gasteiger partial charge is 0.126 e. The number of hydrogen-bond acceptors (Lipinski definition) is 2. The number of hydrogen-bond donors (Lipinski definition) is 1. The molecule has 1 saturated heterocycles. The number of piperidine rings is 1. The first-order chi connectivity index (χ1) is 9.70. The summed E-state index contributed by atoms with van der Waals surface area (Å²) in [4.78, 5) is 2.44. The van der Waals surface area contributed by atoms with Gasteiger partial charge in [-0.15, -0.1) is 12.4 Å². The quantitative estimate of drug-likeness (QED) is 0.895. The van der Waals surface area contributed by atoms with E-state index in [9.17, 15) is 4.39 Å². The molecule has 1 aromatic carbocycles. The van der Waals surface area contributed by atoms with Gasteiger partial charge in [-0.1, -0.05) is 12.1 Å². The van der Waals surface area contributed by atoms with Crippen LogP contribution in [0, 0.1) is 18.7 Å². The SMILES string of the molecule is Cc1ccc(CN2CCC(NCC3CC3)CC2)cc1F.Cl. The number of benzene rings is 1. The first-order valence-electron chi connectivity index (χ1n) is 7.91. The van der Waals surface area contributed by atoms with Gasteiger partial charge in [-0.05, 0) is 75.4 Å². The lowest BCUT2D eigenvalue weighted by atomic mass is 10.0. The van der Waals surface area contributed by atoms with E-state index in [1.807, 2.05) is 13.0 Å². The maximum atomic E-state index is 13.5. The van der Waals surface area contributed by atoms with Crippen LogP contribution in [0.5, 0.6) is 0 Å². The molecule has 4 heteroatoms. The summed E-state index contributed by atoms with van der Waals surface area (Å²) in [6.45, 7) is 6.16. The molecule has 0 atom stereocenters. The van der Waals surface area contributed by atoms with Gasteiger partial charge >= 0.3 is 0 Å². The molecule has 118 valence electrons. The third-order valence-electron chi connectivity index (χ3n) is 4.62. The van der Waals surface area contributed by atoms with Crippen molar-refractivity contribution in [1.29, 1.82) is 0 Å². The van der Waals surface area contributed by atoms with Crippen LogP contribution in [0.15, 0.2) is 18.2 Å². The first-order valence-corrected chi connectivity index (χ1v) is 7.91. The topological polar surface area (TPSA) is 15.3 Å². The van der Waals surface area contributed by atoms with Crippen LogP contribution in [0.4, 0.5) is 4.39 Å². The predicted octanol–water partition coefficient (Wildman–Crippen LogP) is 3.52. The van der Waals surface area contributed by atoms with Gasteiger partial charge < -0.3 is 5.32 Å². The highest BCUT2D eigenvalue weighted by Gasteiger charge is 2.24. The third kappa shape index (κ3) is 4.94. The Morgan fingerprint density at radius 1 is 1.19 bits per heavy atom. The summed E-state index contributed by atoms with van der Waals surface area (Å²) in [7, 11) is 0. The Morgan fingerprint density at radius 2 is 1.90 bits per heavy atom. The second kappa shape index (κ2) is 7.57. The summed E-state index contributed by atoms with van der Waals surface area (Å²) < 4.78 is 13.5. The van der Waals surface area contributed by atoms with Gasteiger partial charge in [0.1, 0.15) is 5.82 Å². The zero-order chi connectivity index (χ0) is 13.9. The molecule has 1 N–H and O–H groups in total. The maximum Gasteiger partial charge on any atom is 0.126 e. The minimum absolute atomic E-state index is 0. The molecule has 1 heterocycles. The second-order valence-corrected chi connectivity index (χ2v) is 6.49. The van der Waals surface area contributed by atoms with Crippen molar-refractivity contribution < 1.29 is 4.39 Å². The predicted molar refractivity (Wildman–Crippen MR) is 87.4 cm³/mol. The molecule has 21 heavy (non-hydrogen) atoms. The van der Waals surface area contributed by atoms with E-state index in [4.69, 9.17) is 0 Å². The lowest BCUT2D eigenvalue weighted by Crippen LogP contribution is -2.42. The minimum Gasteiger partial charge on any atom is -0.314 e. The van der Waals surface area contributed by atoms with E-state index in [1.165, 1.54) is 32.2 Å². The van der Waals surface area contributed by atoms with Crippen molar-refractivity contribution in [3.8, 4) is 0 Å². The normalized spacial score (nSPS) is 20.3. The summed E-state index contributed by atoms with van der Waals surface area (Å²) in [6, 6.07) is 6.32. The average molecular weight is 313 g/mol. The summed E-state index contributed by atoms with van der Waals surface area (Å²) in [5, 5.41) is 3.70. The highest BCUT2D eigenvalue weighted by molar-refractivity contribution is 5.85. The van der Waals surface area contributed by atoms with Crippen molar-refractivity contribution in [2.75, 3.05) is 19.6 Å². The molecule has 2 fully saturated rings. The molecular weight excluding hydrogens is 287 g/mol. The van der Waals surface area contributed by atoms with Crippen LogP contribution in [0.3, 0.4) is 0 Å². The first kappa shape index (κ1) is 16.7. The van der Waals surface area contributed by atoms with Crippen molar-refractivity contribution in [2.24, 2.45) is 5.92 Å². The Hall–Kier alpha value is -0.640. The lowest BCUT2D eigenvalue weighted by molar-refractivity contribution is 0.190. The molecule has 1 saturated carbocycles. The molecule has 0 radical (unpaired) electrons. The van der Waals surface area contributed by atoms with E-state index in [0.717, 1.165) is 36.7 Å². The highest BCUT2D eigenvalue weighted by atomic mass is 35.5. The maximum absolute atomic E-state index is 13.5. The molecular formula is C17H26ClFN2. The van der Waals surface area contributed by atoms with Crippen molar-refractivity contribution in [3.05, 3.63) is 35.1 Å². The van der Waals surface area contributed by atoms with Crippen molar-refractivity contribution >= 4 is 12.4 Å². The molecule has 2 nitrogen and oxygen atoms in total. The number of halogens is 2.